The van der Waals surface area contributed by atoms with E-state index in [0.717, 1.165) is 6.22 Å². The number of hydrogen-bond acceptors (Lipinski definition) is 0. The van der Waals surface area contributed by atoms with E-state index >= 15 is 0 Å². The first kappa shape index (κ1) is 5.00. The van der Waals surface area contributed by atoms with Crippen molar-refractivity contribution < 1.29 is 0 Å². The fourth-order valence-electron chi connectivity index (χ4n) is 0.204. The Kier molecular flexibility index (Phi) is 4.00. The SMILES string of the molecule is C=BCBC. The molecule has 0 amide bonds. The molecule has 0 spiro atoms. The van der Waals surface area contributed by atoms with E-state index in [1.807, 2.05) is 6.92 Å². The van der Waals surface area contributed by atoms with E-state index < -0.39 is 0 Å². The van der Waals surface area contributed by atoms with E-state index in [0.29, 0.717) is 0 Å². The first-order valence-electron chi connectivity index (χ1n) is 2.02. The minimum atomic E-state index is 1.15. The van der Waals surface area contributed by atoms with Gasteiger partial charge in [-0.05, 0) is 0 Å². The van der Waals surface area contributed by atoms with E-state index in [1.54, 1.807) is 0 Å². The molecule has 0 nitrogen and oxygen atoms in total. The van der Waals surface area contributed by atoms with Crippen molar-refractivity contribution in [1.29, 1.82) is 0 Å². The molecule has 0 aliphatic rings. The average molecular weight is 65.7 g/mol. The predicted molar refractivity (Wildman–Crippen MR) is 30.7 cm³/mol. The molecule has 0 aromatic carbocycles. The van der Waals surface area contributed by atoms with Crippen molar-refractivity contribution in [3.05, 3.63) is 0 Å². The van der Waals surface area contributed by atoms with Crippen LogP contribution in [0.15, 0.2) is 0 Å². The quantitative estimate of drug-likeness (QED) is 0.397. The second kappa shape index (κ2) is 4.00. The van der Waals surface area contributed by atoms with E-state index in [9.17, 15) is 0 Å². The molecule has 0 N–H and O–H groups in total. The van der Waals surface area contributed by atoms with Gasteiger partial charge in [0.2, 0.25) is 0 Å². The molecule has 2 heteroatoms. The number of hydrogen-bond donors (Lipinski definition) is 0. The van der Waals surface area contributed by atoms with Gasteiger partial charge in [-0.2, -0.15) is 0 Å². The minimum absolute atomic E-state index is 1.15. The summed E-state index contributed by atoms with van der Waals surface area (Å²) < 4.78 is 0. The third-order valence-corrected chi connectivity index (χ3v) is 0.493. The molecule has 0 radical (unpaired) electrons. The summed E-state index contributed by atoms with van der Waals surface area (Å²) in [5, 5.41) is 0. The summed E-state index contributed by atoms with van der Waals surface area (Å²) in [5.41, 5.74) is 0. The summed E-state index contributed by atoms with van der Waals surface area (Å²) in [5.74, 6) is 0. The van der Waals surface area contributed by atoms with Gasteiger partial charge in [-0.1, -0.05) is 0 Å². The first-order valence-corrected chi connectivity index (χ1v) is 2.02. The van der Waals surface area contributed by atoms with Crippen LogP contribution in [0.25, 0.3) is 0 Å². The van der Waals surface area contributed by atoms with Crippen molar-refractivity contribution in [2.75, 3.05) is 0 Å². The maximum atomic E-state index is 3.55. The Balaban J connectivity index is 2.40. The third kappa shape index (κ3) is 4.00. The van der Waals surface area contributed by atoms with E-state index in [-0.39, 0.29) is 0 Å². The fourth-order valence-corrected chi connectivity index (χ4v) is 0.204. The molecule has 0 fully saturated rings. The molecular formula is C3H8B2. The van der Waals surface area contributed by atoms with Gasteiger partial charge in [-0.15, -0.1) is 0 Å². The molecule has 0 aromatic rings. The molecule has 5 heavy (non-hydrogen) atoms. The first-order chi connectivity index (χ1) is 2.41. The second-order valence-corrected chi connectivity index (χ2v) is 1.08. The second-order valence-electron chi connectivity index (χ2n) is 1.08. The monoisotopic (exact) mass is 66.1 g/mol. The molecule has 0 atom stereocenters. The fraction of sp³-hybridized carbons (Fsp3) is 0.667. The van der Waals surface area contributed by atoms with Crippen LogP contribution < -0.4 is 0 Å². The normalized spacial score (nSPS) is 5.80. The van der Waals surface area contributed by atoms with Crippen LogP contribution in [0, 0.1) is 0 Å². The molecule has 26 valence electrons. The van der Waals surface area contributed by atoms with E-state index in [4.69, 9.17) is 0 Å². The molecule has 0 aliphatic carbocycles. The van der Waals surface area contributed by atoms with Gasteiger partial charge >= 0.3 is 33.7 Å². The van der Waals surface area contributed by atoms with Gasteiger partial charge < -0.3 is 0 Å². The summed E-state index contributed by atoms with van der Waals surface area (Å²) in [7, 11) is 1.23. The van der Waals surface area contributed by atoms with E-state index in [2.05, 4.69) is 13.3 Å². The Morgan fingerprint density at radius 1 is 2.00 bits per heavy atom. The molecule has 0 aromatic heterocycles. The van der Waals surface area contributed by atoms with Gasteiger partial charge in [-0.25, -0.2) is 0 Å². The van der Waals surface area contributed by atoms with Gasteiger partial charge in [0, 0.05) is 0 Å². The Morgan fingerprint density at radius 3 is 2.60 bits per heavy atom. The predicted octanol–water partition coefficient (Wildman–Crippen LogP) is -0.0170. The topological polar surface area (TPSA) is 0 Å². The Hall–Kier alpha value is -0.000130. The summed E-state index contributed by atoms with van der Waals surface area (Å²) in [4.78, 5) is 0. The van der Waals surface area contributed by atoms with Crippen molar-refractivity contribution in [3.8, 4) is 0 Å². The zero-order valence-electron chi connectivity index (χ0n) is 3.70. The summed E-state index contributed by atoms with van der Waals surface area (Å²) >= 11 is 0. The van der Waals surface area contributed by atoms with Gasteiger partial charge in [0.15, 0.2) is 0 Å². The Labute approximate surface area is 34.7 Å². The van der Waals surface area contributed by atoms with Crippen LogP contribution in [0.3, 0.4) is 0 Å². The van der Waals surface area contributed by atoms with Crippen LogP contribution in [0.1, 0.15) is 0 Å². The standard InChI is InChI=1S/C3H8B2/c1-4-3-5-2/h5H,1,3H2,2H3. The summed E-state index contributed by atoms with van der Waals surface area (Å²) in [6.07, 6.45) is 1.15. The molecule has 0 heterocycles. The van der Waals surface area contributed by atoms with Crippen molar-refractivity contribution in [2.45, 2.75) is 13.0 Å². The van der Waals surface area contributed by atoms with Gasteiger partial charge in [0.25, 0.3) is 0 Å². The van der Waals surface area contributed by atoms with Crippen LogP contribution in [0.2, 0.25) is 13.0 Å². The molecule has 0 unspecified atom stereocenters. The summed E-state index contributed by atoms with van der Waals surface area (Å²) in [6.45, 7) is 7.62. The maximum absolute atomic E-state index is 3.55. The Bertz CT molecular complexity index is 26.1. The molecular weight excluding hydrogens is 57.7 g/mol. The molecule has 0 saturated heterocycles. The van der Waals surface area contributed by atoms with Gasteiger partial charge in [0.1, 0.15) is 0 Å². The summed E-state index contributed by atoms with van der Waals surface area (Å²) in [6, 6.07) is 0. The van der Waals surface area contributed by atoms with Crippen LogP contribution >= 0.6 is 0 Å². The van der Waals surface area contributed by atoms with Crippen molar-refractivity contribution >= 4 is 20.7 Å². The van der Waals surface area contributed by atoms with Gasteiger partial charge in [-0.3, -0.25) is 0 Å². The average Bonchev–Trinajstić information content (AvgIpc) is 1.41. The van der Waals surface area contributed by atoms with E-state index in [1.165, 1.54) is 7.28 Å². The molecule has 0 rings (SSSR count). The molecule has 0 aliphatic heterocycles. The third-order valence-electron chi connectivity index (χ3n) is 0.493. The molecule has 0 bridgehead atoms. The van der Waals surface area contributed by atoms with Crippen LogP contribution in [0.5, 0.6) is 0 Å². The van der Waals surface area contributed by atoms with Crippen molar-refractivity contribution in [2.24, 2.45) is 0 Å². The van der Waals surface area contributed by atoms with Crippen molar-refractivity contribution in [1.82, 2.24) is 0 Å². The zero-order chi connectivity index (χ0) is 4.12. The van der Waals surface area contributed by atoms with Crippen molar-refractivity contribution in [3.63, 3.8) is 0 Å². The zero-order valence-corrected chi connectivity index (χ0v) is 3.70. The van der Waals surface area contributed by atoms with Crippen LogP contribution in [0.4, 0.5) is 0 Å². The van der Waals surface area contributed by atoms with Crippen LogP contribution in [-0.4, -0.2) is 20.7 Å². The number of rotatable bonds is 2. The van der Waals surface area contributed by atoms with Gasteiger partial charge in [0.05, 0.1) is 0 Å². The molecule has 0 saturated carbocycles. The Morgan fingerprint density at radius 2 is 2.60 bits per heavy atom. The van der Waals surface area contributed by atoms with Crippen LogP contribution in [-0.2, 0) is 0 Å².